The van der Waals surface area contributed by atoms with Crippen LogP contribution in [0.3, 0.4) is 0 Å². The van der Waals surface area contributed by atoms with Crippen LogP contribution in [0.15, 0.2) is 71.8 Å². The lowest BCUT2D eigenvalue weighted by atomic mass is 10.2. The fraction of sp³-hybridized carbons (Fsp3) is 0.0455. The highest BCUT2D eigenvalue weighted by Crippen LogP contribution is 2.24. The van der Waals surface area contributed by atoms with Gasteiger partial charge in [-0.2, -0.15) is 5.10 Å². The van der Waals surface area contributed by atoms with Crippen molar-refractivity contribution >= 4 is 46.9 Å². The highest BCUT2D eigenvalue weighted by atomic mass is 35.5. The van der Waals surface area contributed by atoms with Crippen LogP contribution in [0.25, 0.3) is 0 Å². The number of hydrazone groups is 1. The third kappa shape index (κ3) is 6.53. The molecule has 0 saturated carbocycles. The number of ether oxygens (including phenoxy) is 1. The van der Waals surface area contributed by atoms with E-state index in [-0.39, 0.29) is 12.3 Å². The maximum absolute atomic E-state index is 12.9. The van der Waals surface area contributed by atoms with Crippen LogP contribution in [0, 0.1) is 5.82 Å². The Morgan fingerprint density at radius 3 is 2.45 bits per heavy atom. The van der Waals surface area contributed by atoms with Crippen molar-refractivity contribution in [3.8, 4) is 5.75 Å². The van der Waals surface area contributed by atoms with Gasteiger partial charge in [-0.3, -0.25) is 9.59 Å². The van der Waals surface area contributed by atoms with E-state index in [1.165, 1.54) is 30.5 Å². The Morgan fingerprint density at radius 1 is 0.968 bits per heavy atom. The Bertz CT molecular complexity index is 1120. The second-order valence-electron chi connectivity index (χ2n) is 6.24. The average Bonchev–Trinajstić information content (AvgIpc) is 2.76. The van der Waals surface area contributed by atoms with E-state index in [2.05, 4.69) is 15.8 Å². The molecular formula is C22H16Cl2FN3O3. The quantitative estimate of drug-likeness (QED) is 0.315. The normalized spacial score (nSPS) is 10.7. The number of rotatable bonds is 6. The summed E-state index contributed by atoms with van der Waals surface area (Å²) in [7, 11) is 0. The number of anilines is 1. The second-order valence-corrected chi connectivity index (χ2v) is 7.05. The molecule has 3 aromatic carbocycles. The van der Waals surface area contributed by atoms with Crippen LogP contribution < -0.4 is 15.5 Å². The summed E-state index contributed by atoms with van der Waals surface area (Å²) in [6.07, 6.45) is 1.35. The first-order chi connectivity index (χ1) is 14.9. The molecule has 9 heteroatoms. The Hall–Kier alpha value is -3.42. The molecule has 6 nitrogen and oxygen atoms in total. The molecule has 0 aliphatic rings. The molecule has 31 heavy (non-hydrogen) atoms. The molecule has 0 unspecified atom stereocenters. The van der Waals surface area contributed by atoms with Crippen LogP contribution in [0.5, 0.6) is 5.75 Å². The van der Waals surface area contributed by atoms with Gasteiger partial charge in [0.25, 0.3) is 0 Å². The van der Waals surface area contributed by atoms with Crippen molar-refractivity contribution in [3.63, 3.8) is 0 Å². The van der Waals surface area contributed by atoms with Gasteiger partial charge < -0.3 is 10.1 Å². The number of nitrogens with zero attached hydrogens (tertiary/aromatic N) is 1. The topological polar surface area (TPSA) is 79.8 Å². The minimum absolute atomic E-state index is 0.244. The zero-order valence-corrected chi connectivity index (χ0v) is 17.5. The van der Waals surface area contributed by atoms with Crippen molar-refractivity contribution in [2.75, 3.05) is 5.32 Å². The smallest absolute Gasteiger partial charge is 0.329 e. The molecule has 0 spiro atoms. The summed E-state index contributed by atoms with van der Waals surface area (Å²) in [5, 5.41) is 7.02. The summed E-state index contributed by atoms with van der Waals surface area (Å²) < 4.78 is 18.7. The fourth-order valence-corrected chi connectivity index (χ4v) is 2.76. The summed E-state index contributed by atoms with van der Waals surface area (Å²) >= 11 is 11.9. The summed E-state index contributed by atoms with van der Waals surface area (Å²) in [4.78, 5) is 23.8. The molecule has 0 fully saturated rings. The summed E-state index contributed by atoms with van der Waals surface area (Å²) in [6, 6.07) is 17.2. The van der Waals surface area contributed by atoms with Gasteiger partial charge in [0.1, 0.15) is 18.2 Å². The van der Waals surface area contributed by atoms with E-state index >= 15 is 0 Å². The van der Waals surface area contributed by atoms with Gasteiger partial charge in [-0.15, -0.1) is 0 Å². The molecule has 2 N–H and O–H groups in total. The van der Waals surface area contributed by atoms with Crippen LogP contribution in [0.2, 0.25) is 10.0 Å². The van der Waals surface area contributed by atoms with E-state index in [9.17, 15) is 14.0 Å². The molecule has 3 rings (SSSR count). The van der Waals surface area contributed by atoms with Gasteiger partial charge in [0.05, 0.1) is 16.3 Å². The monoisotopic (exact) mass is 459 g/mol. The molecule has 0 aliphatic heterocycles. The molecule has 0 aliphatic carbocycles. The number of hydrogen-bond donors (Lipinski definition) is 2. The zero-order chi connectivity index (χ0) is 22.2. The molecule has 0 atom stereocenters. The minimum Gasteiger partial charge on any atom is -0.488 e. The van der Waals surface area contributed by atoms with E-state index in [1.54, 1.807) is 42.5 Å². The number of para-hydroxylation sites is 1. The maximum Gasteiger partial charge on any atom is 0.329 e. The van der Waals surface area contributed by atoms with E-state index in [0.29, 0.717) is 21.4 Å². The Labute approximate surface area is 187 Å². The molecule has 0 radical (unpaired) electrons. The highest BCUT2D eigenvalue weighted by molar-refractivity contribution is 6.42. The van der Waals surface area contributed by atoms with Crippen molar-refractivity contribution < 1.29 is 18.7 Å². The standard InChI is InChI=1S/C22H16Cl2FN3O3/c23-18-10-5-14(11-19(18)24)13-31-20-4-2-1-3-15(20)12-26-28-22(30)21(29)27-17-8-6-16(25)7-9-17/h1-12H,13H2,(H,27,29)(H,28,30)/b26-12-. The van der Waals surface area contributed by atoms with E-state index < -0.39 is 17.6 Å². The lowest BCUT2D eigenvalue weighted by Crippen LogP contribution is -2.32. The maximum atomic E-state index is 12.9. The number of nitrogens with one attached hydrogen (secondary N) is 2. The summed E-state index contributed by atoms with van der Waals surface area (Å²) in [5.41, 5.74) is 3.83. The largest absolute Gasteiger partial charge is 0.488 e. The van der Waals surface area contributed by atoms with Gasteiger partial charge in [-0.1, -0.05) is 41.4 Å². The number of halogens is 3. The molecule has 158 valence electrons. The SMILES string of the molecule is O=C(N/N=C\c1ccccc1OCc1ccc(Cl)c(Cl)c1)C(=O)Nc1ccc(F)cc1. The molecule has 2 amide bonds. The molecule has 3 aromatic rings. The predicted octanol–water partition coefficient (Wildman–Crippen LogP) is 4.80. The van der Waals surface area contributed by atoms with Crippen molar-refractivity contribution in [3.05, 3.63) is 93.7 Å². The number of amides is 2. The minimum atomic E-state index is -0.977. The number of carbonyl (C=O) groups excluding carboxylic acids is 2. The first kappa shape index (κ1) is 22.3. The summed E-state index contributed by atoms with van der Waals surface area (Å²) in [5.74, 6) is -1.85. The lowest BCUT2D eigenvalue weighted by Gasteiger charge is -2.09. The van der Waals surface area contributed by atoms with Gasteiger partial charge in [-0.25, -0.2) is 9.82 Å². The first-order valence-electron chi connectivity index (χ1n) is 8.98. The molecular weight excluding hydrogens is 444 g/mol. The Morgan fingerprint density at radius 2 is 1.71 bits per heavy atom. The highest BCUT2D eigenvalue weighted by Gasteiger charge is 2.13. The average molecular weight is 460 g/mol. The second kappa shape index (κ2) is 10.6. The third-order valence-electron chi connectivity index (χ3n) is 3.98. The van der Waals surface area contributed by atoms with Crippen molar-refractivity contribution in [1.82, 2.24) is 5.43 Å². The van der Waals surface area contributed by atoms with E-state index in [0.717, 1.165) is 5.56 Å². The zero-order valence-electron chi connectivity index (χ0n) is 15.9. The van der Waals surface area contributed by atoms with Crippen LogP contribution in [0.1, 0.15) is 11.1 Å². The van der Waals surface area contributed by atoms with Crippen LogP contribution in [-0.2, 0) is 16.2 Å². The van der Waals surface area contributed by atoms with E-state index in [1.807, 2.05) is 0 Å². The van der Waals surface area contributed by atoms with Gasteiger partial charge in [0.2, 0.25) is 0 Å². The number of benzene rings is 3. The van der Waals surface area contributed by atoms with Gasteiger partial charge in [0, 0.05) is 11.3 Å². The van der Waals surface area contributed by atoms with Crippen molar-refractivity contribution in [2.24, 2.45) is 5.10 Å². The molecule has 0 bridgehead atoms. The number of hydrogen-bond acceptors (Lipinski definition) is 4. The first-order valence-corrected chi connectivity index (χ1v) is 9.73. The van der Waals surface area contributed by atoms with Gasteiger partial charge >= 0.3 is 11.8 Å². The van der Waals surface area contributed by atoms with Crippen LogP contribution in [0.4, 0.5) is 10.1 Å². The Balaban J connectivity index is 1.57. The van der Waals surface area contributed by atoms with Gasteiger partial charge in [-0.05, 0) is 54.1 Å². The van der Waals surface area contributed by atoms with Crippen LogP contribution in [-0.4, -0.2) is 18.0 Å². The predicted molar refractivity (Wildman–Crippen MR) is 118 cm³/mol. The van der Waals surface area contributed by atoms with Crippen LogP contribution >= 0.6 is 23.2 Å². The molecule has 0 heterocycles. The lowest BCUT2D eigenvalue weighted by molar-refractivity contribution is -0.136. The fourth-order valence-electron chi connectivity index (χ4n) is 2.44. The van der Waals surface area contributed by atoms with Crippen molar-refractivity contribution in [1.29, 1.82) is 0 Å². The van der Waals surface area contributed by atoms with Crippen molar-refractivity contribution in [2.45, 2.75) is 6.61 Å². The summed E-state index contributed by atoms with van der Waals surface area (Å²) in [6.45, 7) is 0.244. The molecule has 0 saturated heterocycles. The van der Waals surface area contributed by atoms with Gasteiger partial charge in [0.15, 0.2) is 0 Å². The number of carbonyl (C=O) groups is 2. The molecule has 0 aromatic heterocycles. The Kier molecular flexibility index (Phi) is 7.59. The van der Waals surface area contributed by atoms with E-state index in [4.69, 9.17) is 27.9 Å². The third-order valence-corrected chi connectivity index (χ3v) is 4.71.